The van der Waals surface area contributed by atoms with E-state index in [2.05, 4.69) is 19.6 Å². The molecule has 3 fully saturated rings. The van der Waals surface area contributed by atoms with Crippen molar-refractivity contribution in [2.75, 3.05) is 13.2 Å². The standard InChI is InChI=1S/C27H43NO5/c1-3-4-5-6-23(33-22-9-12-26(13-10-22)14-15-26)17-20(2)18-27(31,25(29)30)24(28)19-32-16-11-21-7-8-21/h5-6,17,21-22,24,31H,2-4,7-16,18-19,28H2,1H3,(H,29,30)/b6-5-,23-17+. The Bertz CT molecular complexity index is 727. The van der Waals surface area contributed by atoms with Crippen LogP contribution in [0, 0.1) is 11.3 Å². The van der Waals surface area contributed by atoms with E-state index in [1.165, 1.54) is 38.5 Å². The molecular weight excluding hydrogens is 418 g/mol. The number of rotatable bonds is 15. The molecule has 0 aromatic rings. The van der Waals surface area contributed by atoms with Gasteiger partial charge in [0, 0.05) is 13.0 Å². The van der Waals surface area contributed by atoms with Crippen LogP contribution < -0.4 is 5.73 Å². The van der Waals surface area contributed by atoms with Crippen LogP contribution in [0.15, 0.2) is 36.1 Å². The zero-order chi connectivity index (χ0) is 23.9. The minimum absolute atomic E-state index is 0.00387. The van der Waals surface area contributed by atoms with E-state index in [4.69, 9.17) is 15.2 Å². The van der Waals surface area contributed by atoms with Gasteiger partial charge in [-0.2, -0.15) is 0 Å². The van der Waals surface area contributed by atoms with E-state index < -0.39 is 17.6 Å². The largest absolute Gasteiger partial charge is 0.490 e. The quantitative estimate of drug-likeness (QED) is 0.183. The third-order valence-electron chi connectivity index (χ3n) is 7.48. The van der Waals surface area contributed by atoms with Crippen LogP contribution in [-0.2, 0) is 14.3 Å². The number of aliphatic carboxylic acids is 1. The van der Waals surface area contributed by atoms with Gasteiger partial charge in [-0.25, -0.2) is 4.79 Å². The molecule has 3 aliphatic rings. The van der Waals surface area contributed by atoms with E-state index >= 15 is 0 Å². The van der Waals surface area contributed by atoms with Gasteiger partial charge in [0.25, 0.3) is 0 Å². The first-order chi connectivity index (χ1) is 15.8. The normalized spacial score (nSPS) is 23.4. The van der Waals surface area contributed by atoms with Crippen molar-refractivity contribution in [1.82, 2.24) is 0 Å². The molecule has 0 radical (unpaired) electrons. The molecular formula is C27H43NO5. The summed E-state index contributed by atoms with van der Waals surface area (Å²) in [6.45, 7) is 6.67. The van der Waals surface area contributed by atoms with Gasteiger partial charge in [0.2, 0.25) is 0 Å². The SMILES string of the molecule is C=C(/C=C(\C=C/CCC)OC1CCC2(CC1)CC2)CC(O)(C(=O)O)C(N)COCCC1CC1. The van der Waals surface area contributed by atoms with E-state index in [1.54, 1.807) is 6.08 Å². The van der Waals surface area contributed by atoms with Gasteiger partial charge in [-0.3, -0.25) is 0 Å². The fourth-order valence-corrected chi connectivity index (χ4v) is 4.65. The van der Waals surface area contributed by atoms with E-state index in [0.717, 1.165) is 38.0 Å². The summed E-state index contributed by atoms with van der Waals surface area (Å²) < 4.78 is 11.9. The Balaban J connectivity index is 1.58. The number of carboxylic acid groups (broad SMARTS) is 1. The van der Waals surface area contributed by atoms with Crippen LogP contribution in [-0.4, -0.2) is 47.1 Å². The van der Waals surface area contributed by atoms with Crippen molar-refractivity contribution < 1.29 is 24.5 Å². The van der Waals surface area contributed by atoms with E-state index in [-0.39, 0.29) is 19.1 Å². The first-order valence-electron chi connectivity index (χ1n) is 12.8. The predicted molar refractivity (Wildman–Crippen MR) is 130 cm³/mol. The molecule has 2 unspecified atom stereocenters. The van der Waals surface area contributed by atoms with Crippen molar-refractivity contribution in [2.45, 2.75) is 102 Å². The number of nitrogens with two attached hydrogens (primary N) is 1. The van der Waals surface area contributed by atoms with Crippen LogP contribution in [0.3, 0.4) is 0 Å². The highest BCUT2D eigenvalue weighted by atomic mass is 16.5. The fourth-order valence-electron chi connectivity index (χ4n) is 4.65. The predicted octanol–water partition coefficient (Wildman–Crippen LogP) is 4.87. The number of aliphatic hydroxyl groups is 1. The van der Waals surface area contributed by atoms with Gasteiger partial charge in [-0.05, 0) is 80.4 Å². The number of allylic oxidation sites excluding steroid dienone is 3. The second-order valence-electron chi connectivity index (χ2n) is 10.5. The number of hydrogen-bond donors (Lipinski definition) is 3. The molecule has 3 saturated carbocycles. The number of ether oxygens (including phenoxy) is 2. The summed E-state index contributed by atoms with van der Waals surface area (Å²) in [5, 5.41) is 20.6. The maximum Gasteiger partial charge on any atom is 0.337 e. The highest BCUT2D eigenvalue weighted by Crippen LogP contribution is 2.56. The van der Waals surface area contributed by atoms with Gasteiger partial charge in [-0.1, -0.05) is 38.8 Å². The van der Waals surface area contributed by atoms with Crippen molar-refractivity contribution in [3.05, 3.63) is 36.1 Å². The lowest BCUT2D eigenvalue weighted by Gasteiger charge is -2.31. The molecule has 0 bridgehead atoms. The third-order valence-corrected chi connectivity index (χ3v) is 7.48. The van der Waals surface area contributed by atoms with Crippen LogP contribution in [0.25, 0.3) is 0 Å². The lowest BCUT2D eigenvalue weighted by Crippen LogP contribution is -2.56. The van der Waals surface area contributed by atoms with Crippen molar-refractivity contribution >= 4 is 5.97 Å². The van der Waals surface area contributed by atoms with Crippen molar-refractivity contribution in [3.8, 4) is 0 Å². The van der Waals surface area contributed by atoms with Crippen LogP contribution >= 0.6 is 0 Å². The lowest BCUT2D eigenvalue weighted by atomic mass is 9.84. The van der Waals surface area contributed by atoms with E-state index in [1.807, 2.05) is 6.08 Å². The van der Waals surface area contributed by atoms with Crippen molar-refractivity contribution in [2.24, 2.45) is 17.1 Å². The molecule has 4 N–H and O–H groups in total. The summed E-state index contributed by atoms with van der Waals surface area (Å²) in [5.41, 5.74) is 5.01. The Labute approximate surface area is 198 Å². The molecule has 33 heavy (non-hydrogen) atoms. The molecule has 0 aromatic heterocycles. The first-order valence-corrected chi connectivity index (χ1v) is 12.8. The van der Waals surface area contributed by atoms with E-state index in [9.17, 15) is 15.0 Å². The van der Waals surface area contributed by atoms with Crippen LogP contribution in [0.1, 0.15) is 84.0 Å². The Morgan fingerprint density at radius 3 is 2.52 bits per heavy atom. The molecule has 6 heteroatoms. The first kappa shape index (κ1) is 26.0. The smallest absolute Gasteiger partial charge is 0.337 e. The van der Waals surface area contributed by atoms with Crippen molar-refractivity contribution in [1.29, 1.82) is 0 Å². The second-order valence-corrected chi connectivity index (χ2v) is 10.5. The van der Waals surface area contributed by atoms with Gasteiger partial charge in [-0.15, -0.1) is 0 Å². The molecule has 2 atom stereocenters. The number of hydrogen-bond acceptors (Lipinski definition) is 5. The third kappa shape index (κ3) is 7.97. The summed E-state index contributed by atoms with van der Waals surface area (Å²) in [7, 11) is 0. The lowest BCUT2D eigenvalue weighted by molar-refractivity contribution is -0.162. The summed E-state index contributed by atoms with van der Waals surface area (Å²) in [6, 6.07) is -1.05. The van der Waals surface area contributed by atoms with Crippen LogP contribution in [0.5, 0.6) is 0 Å². The summed E-state index contributed by atoms with van der Waals surface area (Å²) >= 11 is 0. The maximum absolute atomic E-state index is 11.9. The van der Waals surface area contributed by atoms with Gasteiger partial charge < -0.3 is 25.4 Å². The number of carboxylic acids is 1. The molecule has 0 heterocycles. The minimum Gasteiger partial charge on any atom is -0.490 e. The van der Waals surface area contributed by atoms with Crippen LogP contribution in [0.4, 0.5) is 0 Å². The average molecular weight is 462 g/mol. The monoisotopic (exact) mass is 461 g/mol. The topological polar surface area (TPSA) is 102 Å². The van der Waals surface area contributed by atoms with Gasteiger partial charge in [0.15, 0.2) is 5.60 Å². The van der Waals surface area contributed by atoms with E-state index in [0.29, 0.717) is 23.4 Å². The molecule has 6 nitrogen and oxygen atoms in total. The molecule has 3 aliphatic carbocycles. The fraction of sp³-hybridized carbons (Fsp3) is 0.741. The van der Waals surface area contributed by atoms with Crippen LogP contribution in [0.2, 0.25) is 0 Å². The summed E-state index contributed by atoms with van der Waals surface area (Å²) in [4.78, 5) is 11.9. The molecule has 3 rings (SSSR count). The Morgan fingerprint density at radius 2 is 1.94 bits per heavy atom. The second kappa shape index (κ2) is 11.7. The number of unbranched alkanes of at least 4 members (excludes halogenated alkanes) is 1. The Morgan fingerprint density at radius 1 is 1.24 bits per heavy atom. The minimum atomic E-state index is -2.14. The molecule has 0 amide bonds. The molecule has 0 aliphatic heterocycles. The summed E-state index contributed by atoms with van der Waals surface area (Å²) in [5.74, 6) is 0.0381. The van der Waals surface area contributed by atoms with Gasteiger partial charge in [0.05, 0.1) is 18.8 Å². The van der Waals surface area contributed by atoms with Gasteiger partial charge in [0.1, 0.15) is 5.76 Å². The molecule has 1 spiro atoms. The Hall–Kier alpha value is -1.63. The molecule has 186 valence electrons. The zero-order valence-electron chi connectivity index (χ0n) is 20.3. The van der Waals surface area contributed by atoms with Crippen molar-refractivity contribution in [3.63, 3.8) is 0 Å². The number of carbonyl (C=O) groups is 1. The highest BCUT2D eigenvalue weighted by Gasteiger charge is 2.45. The average Bonchev–Trinajstić information content (AvgIpc) is 3.70. The Kier molecular flexibility index (Phi) is 9.19. The molecule has 0 aromatic carbocycles. The maximum atomic E-state index is 11.9. The molecule has 0 saturated heterocycles. The zero-order valence-corrected chi connectivity index (χ0v) is 20.3. The summed E-state index contributed by atoms with van der Waals surface area (Å²) in [6.07, 6.45) is 18.4. The highest BCUT2D eigenvalue weighted by molar-refractivity contribution is 5.78. The van der Waals surface area contributed by atoms with Gasteiger partial charge >= 0.3 is 5.97 Å².